The first kappa shape index (κ1) is 14.7. The molecule has 0 radical (unpaired) electrons. The molecule has 0 aromatic rings. The summed E-state index contributed by atoms with van der Waals surface area (Å²) in [5, 5.41) is 0. The predicted molar refractivity (Wildman–Crippen MR) is 63.8 cm³/mol. The van der Waals surface area contributed by atoms with Crippen molar-refractivity contribution in [3.05, 3.63) is 24.0 Å². The summed E-state index contributed by atoms with van der Waals surface area (Å²) in [4.78, 5) is 10.3. The molecule has 4 heteroatoms. The lowest BCUT2D eigenvalue weighted by Gasteiger charge is -2.11. The van der Waals surface area contributed by atoms with Crippen LogP contribution in [0.1, 0.15) is 26.7 Å². The van der Waals surface area contributed by atoms with Crippen LogP contribution in [-0.2, 0) is 14.3 Å². The van der Waals surface area contributed by atoms with E-state index in [1.54, 1.807) is 0 Å². The first-order valence-corrected chi connectivity index (χ1v) is 5.63. The van der Waals surface area contributed by atoms with E-state index < -0.39 is 5.91 Å². The van der Waals surface area contributed by atoms with Crippen LogP contribution in [0.3, 0.4) is 0 Å². The highest BCUT2D eigenvalue weighted by Gasteiger charge is 2.00. The molecule has 16 heavy (non-hydrogen) atoms. The highest BCUT2D eigenvalue weighted by molar-refractivity contribution is 5.74. The number of rotatable bonds is 6. The maximum Gasteiger partial charge on any atom is 0.243 e. The summed E-state index contributed by atoms with van der Waals surface area (Å²) in [5.74, 6) is 0.514. The molecule has 0 fully saturated rings. The Morgan fingerprint density at radius 1 is 1.44 bits per heavy atom. The van der Waals surface area contributed by atoms with E-state index >= 15 is 0 Å². The highest BCUT2D eigenvalue weighted by Crippen LogP contribution is 2.12. The zero-order valence-corrected chi connectivity index (χ0v) is 10.1. The lowest BCUT2D eigenvalue weighted by Crippen LogP contribution is -2.19. The second-order valence-electron chi connectivity index (χ2n) is 2.97. The molecule has 0 aromatic heterocycles. The fourth-order valence-corrected chi connectivity index (χ4v) is 1.11. The lowest BCUT2D eigenvalue weighted by atomic mass is 10.2. The Morgan fingerprint density at radius 2 is 2.19 bits per heavy atom. The molecule has 1 aliphatic carbocycles. The van der Waals surface area contributed by atoms with Crippen molar-refractivity contribution in [2.45, 2.75) is 26.7 Å². The van der Waals surface area contributed by atoms with Gasteiger partial charge in [-0.15, -0.1) is 0 Å². The number of hydrogen-bond acceptors (Lipinski definition) is 3. The first-order chi connectivity index (χ1) is 7.79. The van der Waals surface area contributed by atoms with Crippen LogP contribution in [0, 0.1) is 0 Å². The van der Waals surface area contributed by atoms with E-state index in [0.717, 1.165) is 18.6 Å². The molecule has 4 nitrogen and oxygen atoms in total. The number of primary amides is 1. The standard InChI is InChI=1S/C10H15NO3.C2H6/c11-10(12)8-13-6-7-14-9-4-2-1-3-5-9;1-2/h1-2,4H,3,5-8H2,(H2,11,12);1-2H3. The van der Waals surface area contributed by atoms with Gasteiger partial charge in [0.15, 0.2) is 0 Å². The van der Waals surface area contributed by atoms with Crippen LogP contribution >= 0.6 is 0 Å². The quantitative estimate of drug-likeness (QED) is 0.703. The van der Waals surface area contributed by atoms with Gasteiger partial charge >= 0.3 is 0 Å². The second-order valence-corrected chi connectivity index (χ2v) is 2.97. The minimum atomic E-state index is -0.454. The van der Waals surface area contributed by atoms with Gasteiger partial charge in [-0.25, -0.2) is 0 Å². The van der Waals surface area contributed by atoms with Crippen LogP contribution in [-0.4, -0.2) is 25.7 Å². The van der Waals surface area contributed by atoms with Gasteiger partial charge in [-0.05, 0) is 12.5 Å². The van der Waals surface area contributed by atoms with Crippen molar-refractivity contribution in [3.63, 3.8) is 0 Å². The van der Waals surface area contributed by atoms with E-state index in [0.29, 0.717) is 13.2 Å². The molecule has 0 unspecified atom stereocenters. The smallest absolute Gasteiger partial charge is 0.243 e. The molecule has 0 bridgehead atoms. The second kappa shape index (κ2) is 10.2. The number of ether oxygens (including phenoxy) is 2. The van der Waals surface area contributed by atoms with E-state index in [2.05, 4.69) is 6.08 Å². The Morgan fingerprint density at radius 3 is 2.75 bits per heavy atom. The molecule has 1 aliphatic rings. The Bertz CT molecular complexity index is 247. The molecule has 0 aliphatic heterocycles. The minimum absolute atomic E-state index is 0.0394. The van der Waals surface area contributed by atoms with Gasteiger partial charge in [0.1, 0.15) is 13.2 Å². The Kier molecular flexibility index (Phi) is 9.41. The summed E-state index contributed by atoms with van der Waals surface area (Å²) in [7, 11) is 0. The van der Waals surface area contributed by atoms with E-state index in [1.807, 2.05) is 26.0 Å². The zero-order valence-electron chi connectivity index (χ0n) is 10.1. The third-order valence-corrected chi connectivity index (χ3v) is 1.74. The van der Waals surface area contributed by atoms with Crippen molar-refractivity contribution >= 4 is 5.91 Å². The Balaban J connectivity index is 0.00000106. The Labute approximate surface area is 97.1 Å². The molecule has 0 spiro atoms. The van der Waals surface area contributed by atoms with E-state index in [9.17, 15) is 4.79 Å². The number of carbonyl (C=O) groups excluding carboxylic acids is 1. The molecule has 1 amide bonds. The van der Waals surface area contributed by atoms with E-state index in [1.165, 1.54) is 0 Å². The zero-order chi connectivity index (χ0) is 12.2. The van der Waals surface area contributed by atoms with Gasteiger partial charge in [0, 0.05) is 6.42 Å². The van der Waals surface area contributed by atoms with Crippen LogP contribution in [0.4, 0.5) is 0 Å². The molecule has 92 valence electrons. The SMILES string of the molecule is CC.NC(=O)COCCOC1=CC=CCC1. The number of allylic oxidation sites excluding steroid dienone is 4. The number of nitrogens with two attached hydrogens (primary N) is 1. The molecule has 0 saturated carbocycles. The normalized spacial score (nSPS) is 13.5. The molecular formula is C12H21NO3. The molecule has 2 N–H and O–H groups in total. The van der Waals surface area contributed by atoms with Crippen LogP contribution in [0.2, 0.25) is 0 Å². The first-order valence-electron chi connectivity index (χ1n) is 5.63. The lowest BCUT2D eigenvalue weighted by molar-refractivity contribution is -0.122. The van der Waals surface area contributed by atoms with Crippen molar-refractivity contribution in [1.82, 2.24) is 0 Å². The number of carbonyl (C=O) groups is 1. The van der Waals surface area contributed by atoms with Gasteiger partial charge in [-0.1, -0.05) is 26.0 Å². The number of amides is 1. The fourth-order valence-electron chi connectivity index (χ4n) is 1.11. The highest BCUT2D eigenvalue weighted by atomic mass is 16.5. The average molecular weight is 227 g/mol. The van der Waals surface area contributed by atoms with Gasteiger partial charge in [0.05, 0.1) is 12.4 Å². The van der Waals surface area contributed by atoms with Gasteiger partial charge in [-0.2, -0.15) is 0 Å². The fraction of sp³-hybridized carbons (Fsp3) is 0.583. The van der Waals surface area contributed by atoms with Crippen molar-refractivity contribution in [3.8, 4) is 0 Å². The van der Waals surface area contributed by atoms with Crippen molar-refractivity contribution in [2.24, 2.45) is 5.73 Å². The largest absolute Gasteiger partial charge is 0.496 e. The molecule has 0 atom stereocenters. The summed E-state index contributed by atoms with van der Waals surface area (Å²) in [5.41, 5.74) is 4.89. The Hall–Kier alpha value is -1.29. The van der Waals surface area contributed by atoms with Crippen LogP contribution < -0.4 is 5.73 Å². The van der Waals surface area contributed by atoms with Crippen LogP contribution in [0.15, 0.2) is 24.0 Å². The van der Waals surface area contributed by atoms with E-state index in [-0.39, 0.29) is 6.61 Å². The van der Waals surface area contributed by atoms with Crippen LogP contribution in [0.25, 0.3) is 0 Å². The van der Waals surface area contributed by atoms with Crippen LogP contribution in [0.5, 0.6) is 0 Å². The predicted octanol–water partition coefficient (Wildman–Crippen LogP) is 1.77. The van der Waals surface area contributed by atoms with Crippen molar-refractivity contribution in [1.29, 1.82) is 0 Å². The number of hydrogen-bond donors (Lipinski definition) is 1. The summed E-state index contributed by atoms with van der Waals surface area (Å²) < 4.78 is 10.3. The third kappa shape index (κ3) is 8.05. The molecule has 0 saturated heterocycles. The molecular weight excluding hydrogens is 206 g/mol. The molecule has 1 rings (SSSR count). The molecule has 0 heterocycles. The molecule has 0 aromatic carbocycles. The topological polar surface area (TPSA) is 61.6 Å². The van der Waals surface area contributed by atoms with Crippen molar-refractivity contribution in [2.75, 3.05) is 19.8 Å². The maximum absolute atomic E-state index is 10.3. The summed E-state index contributed by atoms with van der Waals surface area (Å²) in [6.07, 6.45) is 7.97. The van der Waals surface area contributed by atoms with Crippen molar-refractivity contribution < 1.29 is 14.3 Å². The summed E-state index contributed by atoms with van der Waals surface area (Å²) in [6, 6.07) is 0. The van der Waals surface area contributed by atoms with Gasteiger partial charge < -0.3 is 15.2 Å². The average Bonchev–Trinajstić information content (AvgIpc) is 2.32. The van der Waals surface area contributed by atoms with E-state index in [4.69, 9.17) is 15.2 Å². The summed E-state index contributed by atoms with van der Waals surface area (Å²) >= 11 is 0. The van der Waals surface area contributed by atoms with Gasteiger partial charge in [-0.3, -0.25) is 4.79 Å². The minimum Gasteiger partial charge on any atom is -0.496 e. The monoisotopic (exact) mass is 227 g/mol. The van der Waals surface area contributed by atoms with Gasteiger partial charge in [0.2, 0.25) is 5.91 Å². The summed E-state index contributed by atoms with van der Waals surface area (Å²) in [6.45, 7) is 4.82. The third-order valence-electron chi connectivity index (χ3n) is 1.74. The van der Waals surface area contributed by atoms with Gasteiger partial charge in [0.25, 0.3) is 0 Å². The maximum atomic E-state index is 10.3.